The number of hydrogen-bond donors (Lipinski definition) is 3. The number of rotatable bonds is 7. The van der Waals surface area contributed by atoms with Crippen molar-refractivity contribution in [2.24, 2.45) is 0 Å². The molecule has 3 N–H and O–H groups in total. The predicted molar refractivity (Wildman–Crippen MR) is 93.0 cm³/mol. The van der Waals surface area contributed by atoms with Crippen LogP contribution in [0.15, 0.2) is 24.3 Å². The van der Waals surface area contributed by atoms with Crippen molar-refractivity contribution in [3.63, 3.8) is 0 Å². The maximum absolute atomic E-state index is 11.9. The normalized spacial score (nSPS) is 9.91. The molecule has 0 aromatic heterocycles. The van der Waals surface area contributed by atoms with Crippen molar-refractivity contribution >= 4 is 34.8 Å². The molecule has 0 fully saturated rings. The van der Waals surface area contributed by atoms with Crippen LogP contribution in [0.2, 0.25) is 0 Å². The van der Waals surface area contributed by atoms with Crippen molar-refractivity contribution < 1.29 is 9.59 Å². The van der Waals surface area contributed by atoms with Crippen molar-refractivity contribution in [3.8, 4) is 0 Å². The van der Waals surface area contributed by atoms with Gasteiger partial charge < -0.3 is 16.0 Å². The molecule has 0 unspecified atom stereocenters. The number of hydrogen-bond acceptors (Lipinski definition) is 3. The molecule has 0 aliphatic rings. The van der Waals surface area contributed by atoms with E-state index in [1.807, 2.05) is 13.8 Å². The molecular formula is C16H23N3O2S. The van der Waals surface area contributed by atoms with Crippen LogP contribution in [0.25, 0.3) is 0 Å². The fraction of sp³-hybridized carbons (Fsp3) is 0.438. The van der Waals surface area contributed by atoms with Crippen LogP contribution < -0.4 is 16.0 Å². The quantitative estimate of drug-likeness (QED) is 0.675. The Bertz CT molecular complexity index is 532. The molecule has 0 saturated carbocycles. The summed E-state index contributed by atoms with van der Waals surface area (Å²) in [5.74, 6) is -0.223. The van der Waals surface area contributed by atoms with Gasteiger partial charge in [-0.3, -0.25) is 9.59 Å². The van der Waals surface area contributed by atoms with Gasteiger partial charge in [-0.1, -0.05) is 26.3 Å². The second-order valence-corrected chi connectivity index (χ2v) is 5.35. The number of unbranched alkanes of at least 4 members (excludes halogenated alkanes) is 1. The van der Waals surface area contributed by atoms with E-state index in [2.05, 4.69) is 16.0 Å². The highest BCUT2D eigenvalue weighted by Crippen LogP contribution is 2.10. The highest BCUT2D eigenvalue weighted by atomic mass is 32.1. The van der Waals surface area contributed by atoms with E-state index in [0.29, 0.717) is 24.2 Å². The van der Waals surface area contributed by atoms with Gasteiger partial charge in [-0.05, 0) is 43.3 Å². The molecule has 0 atom stereocenters. The number of benzene rings is 1. The lowest BCUT2D eigenvalue weighted by atomic mass is 10.2. The molecule has 1 aromatic carbocycles. The molecule has 0 bridgehead atoms. The minimum atomic E-state index is -0.122. The van der Waals surface area contributed by atoms with E-state index in [-0.39, 0.29) is 16.9 Å². The Kier molecular flexibility index (Phi) is 8.14. The second kappa shape index (κ2) is 9.89. The number of carbonyl (C=O) groups excluding carboxylic acids is 2. The zero-order valence-electron chi connectivity index (χ0n) is 13.1. The first-order valence-corrected chi connectivity index (χ1v) is 7.96. The molecule has 0 aliphatic heterocycles. The predicted octanol–water partition coefficient (Wildman–Crippen LogP) is 2.83. The van der Waals surface area contributed by atoms with Crippen LogP contribution in [0.1, 0.15) is 49.9 Å². The van der Waals surface area contributed by atoms with Crippen LogP contribution in [0, 0.1) is 0 Å². The third-order valence-electron chi connectivity index (χ3n) is 2.93. The molecule has 120 valence electrons. The molecular weight excluding hydrogens is 298 g/mol. The van der Waals surface area contributed by atoms with Gasteiger partial charge in [0, 0.05) is 24.2 Å². The highest BCUT2D eigenvalue weighted by Gasteiger charge is 2.07. The Morgan fingerprint density at radius 1 is 1.18 bits per heavy atom. The smallest absolute Gasteiger partial charge is 0.251 e. The van der Waals surface area contributed by atoms with E-state index < -0.39 is 0 Å². The fourth-order valence-corrected chi connectivity index (χ4v) is 2.00. The topological polar surface area (TPSA) is 70.2 Å². The van der Waals surface area contributed by atoms with Crippen molar-refractivity contribution in [3.05, 3.63) is 29.8 Å². The minimum absolute atomic E-state index is 0.101. The van der Waals surface area contributed by atoms with Gasteiger partial charge >= 0.3 is 0 Å². The summed E-state index contributed by atoms with van der Waals surface area (Å²) in [6.07, 6.45) is 3.14. The Balaban J connectivity index is 2.57. The minimum Gasteiger partial charge on any atom is -0.352 e. The first kappa shape index (κ1) is 18.1. The van der Waals surface area contributed by atoms with Crippen LogP contribution in [-0.4, -0.2) is 23.5 Å². The van der Waals surface area contributed by atoms with Gasteiger partial charge in [0.1, 0.15) is 0 Å². The van der Waals surface area contributed by atoms with Gasteiger partial charge in [0.15, 0.2) is 5.11 Å². The summed E-state index contributed by atoms with van der Waals surface area (Å²) in [6, 6.07) is 7.00. The monoisotopic (exact) mass is 321 g/mol. The van der Waals surface area contributed by atoms with Crippen LogP contribution in [0.3, 0.4) is 0 Å². The maximum atomic E-state index is 11.9. The molecule has 22 heavy (non-hydrogen) atoms. The Morgan fingerprint density at radius 2 is 1.95 bits per heavy atom. The standard InChI is InChI=1S/C16H23N3O2S/c1-3-5-9-14(20)19-16(22)18-13-8-6-7-12(11-13)15(21)17-10-4-2/h6-8,11H,3-5,9-10H2,1-2H3,(H,17,21)(H2,18,19,20,22). The second-order valence-electron chi connectivity index (χ2n) is 4.94. The van der Waals surface area contributed by atoms with E-state index in [9.17, 15) is 9.59 Å². The molecule has 1 rings (SSSR count). The van der Waals surface area contributed by atoms with E-state index in [4.69, 9.17) is 12.2 Å². The average Bonchev–Trinajstić information content (AvgIpc) is 2.50. The van der Waals surface area contributed by atoms with E-state index in [0.717, 1.165) is 19.3 Å². The van der Waals surface area contributed by atoms with E-state index in [1.54, 1.807) is 24.3 Å². The van der Waals surface area contributed by atoms with Gasteiger partial charge in [-0.2, -0.15) is 0 Å². The molecule has 0 heterocycles. The van der Waals surface area contributed by atoms with Crippen molar-refractivity contribution in [1.82, 2.24) is 10.6 Å². The molecule has 0 aliphatic carbocycles. The van der Waals surface area contributed by atoms with Gasteiger partial charge in [0.25, 0.3) is 5.91 Å². The number of thiocarbonyl (C=S) groups is 1. The summed E-state index contributed by atoms with van der Waals surface area (Å²) in [6.45, 7) is 4.67. The maximum Gasteiger partial charge on any atom is 0.251 e. The third-order valence-corrected chi connectivity index (χ3v) is 3.13. The largest absolute Gasteiger partial charge is 0.352 e. The van der Waals surface area contributed by atoms with E-state index in [1.165, 1.54) is 0 Å². The van der Waals surface area contributed by atoms with Gasteiger partial charge in [-0.25, -0.2) is 0 Å². The number of anilines is 1. The Labute approximate surface area is 136 Å². The molecule has 0 saturated heterocycles. The molecule has 0 spiro atoms. The molecule has 5 nitrogen and oxygen atoms in total. The summed E-state index contributed by atoms with van der Waals surface area (Å²) < 4.78 is 0. The SMILES string of the molecule is CCCCC(=O)NC(=S)Nc1cccc(C(=O)NCCC)c1. The number of nitrogens with one attached hydrogen (secondary N) is 3. The van der Waals surface area contributed by atoms with Crippen LogP contribution in [0.5, 0.6) is 0 Å². The molecule has 6 heteroatoms. The van der Waals surface area contributed by atoms with Gasteiger partial charge in [0.2, 0.25) is 5.91 Å². The lowest BCUT2D eigenvalue weighted by Gasteiger charge is -2.10. The first-order chi connectivity index (χ1) is 10.6. The lowest BCUT2D eigenvalue weighted by molar-refractivity contribution is -0.119. The van der Waals surface area contributed by atoms with Crippen molar-refractivity contribution in [2.45, 2.75) is 39.5 Å². The van der Waals surface area contributed by atoms with Crippen LogP contribution in [-0.2, 0) is 4.79 Å². The lowest BCUT2D eigenvalue weighted by Crippen LogP contribution is -2.34. The number of carbonyl (C=O) groups is 2. The highest BCUT2D eigenvalue weighted by molar-refractivity contribution is 7.80. The Morgan fingerprint density at radius 3 is 2.64 bits per heavy atom. The summed E-state index contributed by atoms with van der Waals surface area (Å²) in [5.41, 5.74) is 1.23. The fourth-order valence-electron chi connectivity index (χ4n) is 1.77. The number of amides is 2. The third kappa shape index (κ3) is 6.67. The van der Waals surface area contributed by atoms with Crippen LogP contribution >= 0.6 is 12.2 Å². The Hall–Kier alpha value is -1.95. The summed E-state index contributed by atoms with van der Waals surface area (Å²) in [4.78, 5) is 23.5. The molecule has 1 aromatic rings. The van der Waals surface area contributed by atoms with E-state index >= 15 is 0 Å². The summed E-state index contributed by atoms with van der Waals surface area (Å²) in [5, 5.41) is 8.61. The average molecular weight is 321 g/mol. The van der Waals surface area contributed by atoms with Gasteiger partial charge in [-0.15, -0.1) is 0 Å². The van der Waals surface area contributed by atoms with Gasteiger partial charge in [0.05, 0.1) is 0 Å². The summed E-state index contributed by atoms with van der Waals surface area (Å²) >= 11 is 5.10. The molecule has 2 amide bonds. The van der Waals surface area contributed by atoms with Crippen molar-refractivity contribution in [1.29, 1.82) is 0 Å². The summed E-state index contributed by atoms with van der Waals surface area (Å²) in [7, 11) is 0. The zero-order valence-corrected chi connectivity index (χ0v) is 13.9. The first-order valence-electron chi connectivity index (χ1n) is 7.56. The van der Waals surface area contributed by atoms with Crippen LogP contribution in [0.4, 0.5) is 5.69 Å². The van der Waals surface area contributed by atoms with Crippen molar-refractivity contribution in [2.75, 3.05) is 11.9 Å². The zero-order chi connectivity index (χ0) is 16.4. The molecule has 0 radical (unpaired) electrons.